The summed E-state index contributed by atoms with van der Waals surface area (Å²) in [5, 5.41) is 27.6. The van der Waals surface area contributed by atoms with E-state index >= 15 is 0 Å². The molecular weight excluding hydrogens is 394 g/mol. The minimum absolute atomic E-state index is 0.166. The van der Waals surface area contributed by atoms with Gasteiger partial charge in [0.2, 0.25) is 5.16 Å². The number of nitrogens with two attached hydrogens (primary N) is 1. The van der Waals surface area contributed by atoms with E-state index in [2.05, 4.69) is 31.7 Å². The highest BCUT2D eigenvalue weighted by Gasteiger charge is 2.20. The smallest absolute Gasteiger partial charge is 0.217 e. The molecule has 0 radical (unpaired) electrons. The topological polar surface area (TPSA) is 114 Å². The zero-order chi connectivity index (χ0) is 19.1. The molecule has 1 saturated carbocycles. The lowest BCUT2D eigenvalue weighted by Crippen LogP contribution is -2.28. The van der Waals surface area contributed by atoms with Crippen LogP contribution < -0.4 is 11.1 Å². The van der Waals surface area contributed by atoms with E-state index in [1.54, 1.807) is 4.52 Å². The first-order valence-electron chi connectivity index (χ1n) is 9.15. The second-order valence-corrected chi connectivity index (χ2v) is 9.01. The highest BCUT2D eigenvalue weighted by molar-refractivity contribution is 7.99. The molecule has 144 valence electrons. The lowest BCUT2D eigenvalue weighted by Gasteiger charge is -2.26. The summed E-state index contributed by atoms with van der Waals surface area (Å²) in [6.45, 7) is 0. The second-order valence-electron chi connectivity index (χ2n) is 6.90. The van der Waals surface area contributed by atoms with E-state index in [0.717, 1.165) is 46.6 Å². The van der Waals surface area contributed by atoms with Crippen LogP contribution >= 0.6 is 23.1 Å². The van der Waals surface area contributed by atoms with Crippen LogP contribution in [0, 0.1) is 0 Å². The molecule has 8 nitrogen and oxygen atoms in total. The Morgan fingerprint density at radius 3 is 2.86 bits per heavy atom. The van der Waals surface area contributed by atoms with Crippen molar-refractivity contribution < 1.29 is 5.11 Å². The molecule has 4 N–H and O–H groups in total. The largest absolute Gasteiger partial charge is 0.393 e. The Hall–Kier alpha value is -2.43. The summed E-state index contributed by atoms with van der Waals surface area (Å²) in [5.41, 5.74) is 7.40. The van der Waals surface area contributed by atoms with Crippen LogP contribution in [0.4, 0.5) is 10.9 Å². The van der Waals surface area contributed by atoms with Gasteiger partial charge in [-0.15, -0.1) is 15.3 Å². The number of thiazole rings is 1. The summed E-state index contributed by atoms with van der Waals surface area (Å²) in [6, 6.07) is 10.2. The summed E-state index contributed by atoms with van der Waals surface area (Å²) in [6.07, 6.45) is 3.39. The van der Waals surface area contributed by atoms with Crippen LogP contribution in [-0.4, -0.2) is 42.0 Å². The van der Waals surface area contributed by atoms with Crippen molar-refractivity contribution in [2.24, 2.45) is 0 Å². The number of nitrogens with one attached hydrogen (secondary N) is 1. The zero-order valence-corrected chi connectivity index (χ0v) is 16.6. The van der Waals surface area contributed by atoms with Crippen LogP contribution in [0.15, 0.2) is 40.4 Å². The summed E-state index contributed by atoms with van der Waals surface area (Å²) in [4.78, 5) is 5.32. The molecule has 3 heterocycles. The van der Waals surface area contributed by atoms with E-state index < -0.39 is 0 Å². The molecule has 0 aliphatic heterocycles. The fraction of sp³-hybridized carbons (Fsp3) is 0.333. The highest BCUT2D eigenvalue weighted by atomic mass is 32.2. The van der Waals surface area contributed by atoms with Gasteiger partial charge in [0.1, 0.15) is 5.82 Å². The number of hydrogen-bond donors (Lipinski definition) is 3. The Morgan fingerprint density at radius 2 is 2.00 bits per heavy atom. The van der Waals surface area contributed by atoms with Crippen LogP contribution in [-0.2, 0) is 0 Å². The number of nitrogen functional groups attached to an aromatic ring is 1. The van der Waals surface area contributed by atoms with E-state index in [-0.39, 0.29) is 6.10 Å². The zero-order valence-electron chi connectivity index (χ0n) is 14.9. The number of aliphatic hydroxyl groups excluding tert-OH is 1. The van der Waals surface area contributed by atoms with Crippen molar-refractivity contribution in [3.05, 3.63) is 30.3 Å². The monoisotopic (exact) mass is 413 g/mol. The Morgan fingerprint density at radius 1 is 1.14 bits per heavy atom. The molecule has 4 aromatic rings. The van der Waals surface area contributed by atoms with Crippen molar-refractivity contribution in [2.75, 3.05) is 11.1 Å². The van der Waals surface area contributed by atoms with Crippen LogP contribution in [0.2, 0.25) is 0 Å². The third-order valence-corrected chi connectivity index (χ3v) is 6.64. The lowest BCUT2D eigenvalue weighted by molar-refractivity contribution is 0.126. The number of aromatic nitrogens is 5. The summed E-state index contributed by atoms with van der Waals surface area (Å²) in [7, 11) is 0. The summed E-state index contributed by atoms with van der Waals surface area (Å²) in [5.74, 6) is 0.793. The SMILES string of the molecule is Nc1nc2ccc(Sc3nnc4ccc(NC5CCC(O)CC5)nn34)cc2s1. The first-order chi connectivity index (χ1) is 13.6. The average Bonchev–Trinajstić information content (AvgIpc) is 3.26. The van der Waals surface area contributed by atoms with Gasteiger partial charge in [0.15, 0.2) is 10.8 Å². The summed E-state index contributed by atoms with van der Waals surface area (Å²) < 4.78 is 2.81. The van der Waals surface area contributed by atoms with Gasteiger partial charge in [-0.2, -0.15) is 4.52 Å². The molecule has 0 amide bonds. The van der Waals surface area contributed by atoms with Gasteiger partial charge in [0.05, 0.1) is 16.3 Å². The molecule has 28 heavy (non-hydrogen) atoms. The summed E-state index contributed by atoms with van der Waals surface area (Å²) >= 11 is 2.98. The number of fused-ring (bicyclic) bond motifs is 2. The Labute approximate surface area is 169 Å². The Balaban J connectivity index is 1.39. The molecule has 1 aromatic carbocycles. The van der Waals surface area contributed by atoms with Crippen LogP contribution in [0.5, 0.6) is 0 Å². The minimum atomic E-state index is -0.166. The molecule has 3 aromatic heterocycles. The molecule has 5 rings (SSSR count). The minimum Gasteiger partial charge on any atom is -0.393 e. The number of hydrogen-bond acceptors (Lipinski definition) is 9. The molecule has 1 aliphatic carbocycles. The quantitative estimate of drug-likeness (QED) is 0.467. The van der Waals surface area contributed by atoms with Crippen molar-refractivity contribution in [2.45, 2.75) is 47.9 Å². The van der Waals surface area contributed by atoms with Crippen molar-refractivity contribution in [1.82, 2.24) is 24.8 Å². The first kappa shape index (κ1) is 17.7. The van der Waals surface area contributed by atoms with E-state index in [0.29, 0.717) is 22.0 Å². The molecule has 10 heteroatoms. The molecule has 0 saturated heterocycles. The maximum Gasteiger partial charge on any atom is 0.217 e. The number of anilines is 2. The van der Waals surface area contributed by atoms with Gasteiger partial charge in [-0.05, 0) is 67.8 Å². The maximum atomic E-state index is 9.67. The predicted molar refractivity (Wildman–Crippen MR) is 111 cm³/mol. The van der Waals surface area contributed by atoms with E-state index in [1.165, 1.54) is 23.1 Å². The third-order valence-electron chi connectivity index (χ3n) is 4.87. The molecule has 0 bridgehead atoms. The average molecular weight is 414 g/mol. The third kappa shape index (κ3) is 3.50. The molecule has 1 aliphatic rings. The maximum absolute atomic E-state index is 9.67. The van der Waals surface area contributed by atoms with Gasteiger partial charge in [0.25, 0.3) is 0 Å². The van der Waals surface area contributed by atoms with Gasteiger partial charge in [-0.3, -0.25) is 0 Å². The first-order valence-corrected chi connectivity index (χ1v) is 10.8. The number of rotatable bonds is 4. The van der Waals surface area contributed by atoms with E-state index in [4.69, 9.17) is 5.73 Å². The molecule has 0 spiro atoms. The van der Waals surface area contributed by atoms with Gasteiger partial charge in [0, 0.05) is 10.9 Å². The molecule has 1 fully saturated rings. The Kier molecular flexibility index (Phi) is 4.53. The second kappa shape index (κ2) is 7.19. The van der Waals surface area contributed by atoms with Gasteiger partial charge < -0.3 is 16.2 Å². The van der Waals surface area contributed by atoms with Gasteiger partial charge >= 0.3 is 0 Å². The standard InChI is InChI=1S/C18H19N7OS2/c19-17-21-13-6-5-12(9-14(13)28-17)27-18-23-22-16-8-7-15(24-25(16)18)20-10-1-3-11(26)4-2-10/h5-11,26H,1-4H2,(H2,19,21)(H,20,24). The highest BCUT2D eigenvalue weighted by Crippen LogP contribution is 2.32. The van der Waals surface area contributed by atoms with Crippen molar-refractivity contribution >= 4 is 49.9 Å². The van der Waals surface area contributed by atoms with Crippen molar-refractivity contribution in [3.63, 3.8) is 0 Å². The molecule has 0 unspecified atom stereocenters. The van der Waals surface area contributed by atoms with E-state index in [1.807, 2.05) is 24.3 Å². The number of benzene rings is 1. The Bertz CT molecular complexity index is 1130. The predicted octanol–water partition coefficient (Wildman–Crippen LogP) is 3.18. The fourth-order valence-electron chi connectivity index (χ4n) is 3.43. The molecular formula is C18H19N7OS2. The van der Waals surface area contributed by atoms with Crippen molar-refractivity contribution in [1.29, 1.82) is 0 Å². The van der Waals surface area contributed by atoms with Crippen molar-refractivity contribution in [3.8, 4) is 0 Å². The van der Waals surface area contributed by atoms with Gasteiger partial charge in [-0.1, -0.05) is 11.3 Å². The molecule has 0 atom stereocenters. The number of aliphatic hydroxyl groups is 1. The number of nitrogens with zero attached hydrogens (tertiary/aromatic N) is 5. The van der Waals surface area contributed by atoms with Crippen LogP contribution in [0.1, 0.15) is 25.7 Å². The van der Waals surface area contributed by atoms with Crippen LogP contribution in [0.25, 0.3) is 15.9 Å². The normalized spacial score (nSPS) is 20.0. The van der Waals surface area contributed by atoms with E-state index in [9.17, 15) is 5.11 Å². The fourth-order valence-corrected chi connectivity index (χ4v) is 5.10. The lowest BCUT2D eigenvalue weighted by atomic mass is 9.93. The van der Waals surface area contributed by atoms with Crippen LogP contribution in [0.3, 0.4) is 0 Å². The van der Waals surface area contributed by atoms with Gasteiger partial charge in [-0.25, -0.2) is 4.98 Å².